The number of carboxylic acids is 1. The number of aliphatic carboxylic acids is 1. The number of aliphatic hydroxyl groups is 2. The third-order valence-corrected chi connectivity index (χ3v) is 6.31. The molecule has 5 heteroatoms. The summed E-state index contributed by atoms with van der Waals surface area (Å²) in [6, 6.07) is 0. The van der Waals surface area contributed by atoms with Crippen LogP contribution in [0, 0.1) is 17.3 Å². The van der Waals surface area contributed by atoms with E-state index in [0.29, 0.717) is 12.8 Å². The minimum absolute atomic E-state index is 0.0166. The fraction of sp³-hybridized carbons (Fsp3) is 0.783. The van der Waals surface area contributed by atoms with Gasteiger partial charge in [-0.05, 0) is 50.9 Å². The van der Waals surface area contributed by atoms with Crippen LogP contribution in [-0.4, -0.2) is 45.7 Å². The molecule has 2 aliphatic rings. The molecule has 0 aromatic heterocycles. The third-order valence-electron chi connectivity index (χ3n) is 6.31. The highest BCUT2D eigenvalue weighted by atomic mass is 16.5. The summed E-state index contributed by atoms with van der Waals surface area (Å²) in [5, 5.41) is 29.8. The second-order valence-corrected chi connectivity index (χ2v) is 9.52. The standard InChI is InChI=1S/C23H38O5/c1-15(2)11-12-23(3,4)21(25)10-9-17-18-13-16(7-5-6-8-22(26)27)28-20(18)14-19(17)24/h9-11,16-21,24-25H,5-8,12-14H2,1-4H3,(H,26,27)/b10-9+/t16-,17-,18-,19-,20+,21-/m1/s1. The zero-order chi connectivity index (χ0) is 20.9. The van der Waals surface area contributed by atoms with Crippen LogP contribution in [0.15, 0.2) is 23.8 Å². The lowest BCUT2D eigenvalue weighted by Crippen LogP contribution is -2.28. The number of carboxylic acid groups (broad SMARTS) is 1. The van der Waals surface area contributed by atoms with Gasteiger partial charge in [0.25, 0.3) is 0 Å². The molecule has 0 bridgehead atoms. The number of ether oxygens (including phenoxy) is 1. The Labute approximate surface area is 169 Å². The molecule has 1 saturated carbocycles. The van der Waals surface area contributed by atoms with Crippen molar-refractivity contribution in [2.45, 2.75) is 97.1 Å². The summed E-state index contributed by atoms with van der Waals surface area (Å²) in [6.45, 7) is 8.24. The van der Waals surface area contributed by atoms with E-state index in [0.717, 1.165) is 25.7 Å². The van der Waals surface area contributed by atoms with Crippen molar-refractivity contribution in [3.8, 4) is 0 Å². The van der Waals surface area contributed by atoms with Crippen LogP contribution in [0.5, 0.6) is 0 Å². The second-order valence-electron chi connectivity index (χ2n) is 9.52. The van der Waals surface area contributed by atoms with E-state index in [2.05, 4.69) is 33.8 Å². The largest absolute Gasteiger partial charge is 0.481 e. The van der Waals surface area contributed by atoms with Gasteiger partial charge in [0.2, 0.25) is 0 Å². The first kappa shape index (κ1) is 23.1. The summed E-state index contributed by atoms with van der Waals surface area (Å²) in [7, 11) is 0. The Balaban J connectivity index is 1.88. The van der Waals surface area contributed by atoms with E-state index in [9.17, 15) is 15.0 Å². The average molecular weight is 395 g/mol. The highest BCUT2D eigenvalue weighted by molar-refractivity contribution is 5.66. The molecule has 1 aliphatic carbocycles. The van der Waals surface area contributed by atoms with Crippen molar-refractivity contribution < 1.29 is 24.9 Å². The number of hydrogen-bond donors (Lipinski definition) is 3. The lowest BCUT2D eigenvalue weighted by atomic mass is 9.81. The van der Waals surface area contributed by atoms with Crippen LogP contribution in [0.25, 0.3) is 0 Å². The Bertz CT molecular complexity index is 576. The number of fused-ring (bicyclic) bond motifs is 1. The summed E-state index contributed by atoms with van der Waals surface area (Å²) < 4.78 is 6.12. The molecule has 2 rings (SSSR count). The third kappa shape index (κ3) is 6.43. The zero-order valence-electron chi connectivity index (χ0n) is 17.8. The molecule has 28 heavy (non-hydrogen) atoms. The molecule has 0 aromatic rings. The summed E-state index contributed by atoms with van der Waals surface area (Å²) in [5.41, 5.74) is 0.992. The minimum atomic E-state index is -0.747. The number of allylic oxidation sites excluding steroid dienone is 2. The molecular formula is C23H38O5. The van der Waals surface area contributed by atoms with Gasteiger partial charge in [-0.1, -0.05) is 44.1 Å². The van der Waals surface area contributed by atoms with Crippen LogP contribution in [0.1, 0.15) is 72.6 Å². The predicted octanol–water partition coefficient (Wildman–Crippen LogP) is 4.09. The van der Waals surface area contributed by atoms with E-state index in [1.807, 2.05) is 12.2 Å². The minimum Gasteiger partial charge on any atom is -0.481 e. The molecule has 1 aliphatic heterocycles. The molecule has 160 valence electrons. The lowest BCUT2D eigenvalue weighted by Gasteiger charge is -2.28. The number of hydrogen-bond acceptors (Lipinski definition) is 4. The van der Waals surface area contributed by atoms with Crippen molar-refractivity contribution in [2.24, 2.45) is 17.3 Å². The molecule has 2 fully saturated rings. The van der Waals surface area contributed by atoms with Gasteiger partial charge in [0, 0.05) is 18.8 Å². The number of unbranched alkanes of at least 4 members (excludes halogenated alkanes) is 1. The van der Waals surface area contributed by atoms with Crippen LogP contribution in [-0.2, 0) is 9.53 Å². The maximum absolute atomic E-state index is 10.6. The van der Waals surface area contributed by atoms with E-state index in [1.165, 1.54) is 5.57 Å². The summed E-state index contributed by atoms with van der Waals surface area (Å²) >= 11 is 0. The molecule has 0 amide bonds. The highest BCUT2D eigenvalue weighted by Gasteiger charge is 2.47. The van der Waals surface area contributed by atoms with Crippen molar-refractivity contribution in [1.29, 1.82) is 0 Å². The first-order valence-corrected chi connectivity index (χ1v) is 10.6. The number of rotatable bonds is 10. The van der Waals surface area contributed by atoms with Gasteiger partial charge in [0.15, 0.2) is 0 Å². The fourth-order valence-electron chi connectivity index (χ4n) is 4.36. The Morgan fingerprint density at radius 1 is 1.25 bits per heavy atom. The van der Waals surface area contributed by atoms with Crippen LogP contribution >= 0.6 is 0 Å². The number of carbonyl (C=O) groups is 1. The van der Waals surface area contributed by atoms with Crippen molar-refractivity contribution in [3.05, 3.63) is 23.8 Å². The number of aliphatic hydroxyl groups excluding tert-OH is 2. The van der Waals surface area contributed by atoms with Crippen molar-refractivity contribution in [1.82, 2.24) is 0 Å². The highest BCUT2D eigenvalue weighted by Crippen LogP contribution is 2.45. The molecule has 5 nitrogen and oxygen atoms in total. The average Bonchev–Trinajstić information content (AvgIpc) is 3.11. The molecule has 1 saturated heterocycles. The first-order valence-electron chi connectivity index (χ1n) is 10.6. The van der Waals surface area contributed by atoms with Crippen molar-refractivity contribution in [2.75, 3.05) is 0 Å². The first-order chi connectivity index (χ1) is 13.1. The SMILES string of the molecule is CC(C)=CCC(C)(C)[C@H](O)/C=C/[C@@H]1[C@H]2C[C@@H](CCCCC(=O)O)O[C@H]2C[C@H]1O. The molecule has 0 unspecified atom stereocenters. The Hall–Kier alpha value is -1.17. The van der Waals surface area contributed by atoms with Crippen molar-refractivity contribution in [3.63, 3.8) is 0 Å². The smallest absolute Gasteiger partial charge is 0.303 e. The Kier molecular flexibility index (Phi) is 8.29. The fourth-order valence-corrected chi connectivity index (χ4v) is 4.36. The molecule has 3 N–H and O–H groups in total. The maximum Gasteiger partial charge on any atom is 0.303 e. The normalized spacial score (nSPS) is 31.1. The van der Waals surface area contributed by atoms with Gasteiger partial charge in [-0.2, -0.15) is 0 Å². The van der Waals surface area contributed by atoms with Gasteiger partial charge in [0.05, 0.1) is 24.4 Å². The van der Waals surface area contributed by atoms with Crippen molar-refractivity contribution >= 4 is 5.97 Å². The summed E-state index contributed by atoms with van der Waals surface area (Å²) in [6.07, 6.45) is 10.2. The van der Waals surface area contributed by atoms with Gasteiger partial charge < -0.3 is 20.1 Å². The molecular weight excluding hydrogens is 356 g/mol. The van der Waals surface area contributed by atoms with Gasteiger partial charge in [-0.25, -0.2) is 0 Å². The molecule has 1 heterocycles. The quantitative estimate of drug-likeness (QED) is 0.384. The van der Waals surface area contributed by atoms with Crippen LogP contribution < -0.4 is 0 Å². The van der Waals surface area contributed by atoms with Gasteiger partial charge in [0.1, 0.15) is 0 Å². The Morgan fingerprint density at radius 3 is 2.61 bits per heavy atom. The predicted molar refractivity (Wildman–Crippen MR) is 110 cm³/mol. The topological polar surface area (TPSA) is 87.0 Å². The van der Waals surface area contributed by atoms with Gasteiger partial charge in [-0.15, -0.1) is 0 Å². The van der Waals surface area contributed by atoms with Gasteiger partial charge in [-0.3, -0.25) is 4.79 Å². The van der Waals surface area contributed by atoms with Crippen LogP contribution in [0.2, 0.25) is 0 Å². The van der Waals surface area contributed by atoms with E-state index in [4.69, 9.17) is 9.84 Å². The second kappa shape index (κ2) is 10.0. The lowest BCUT2D eigenvalue weighted by molar-refractivity contribution is -0.137. The molecule has 0 radical (unpaired) electrons. The molecule has 0 aromatic carbocycles. The summed E-state index contributed by atoms with van der Waals surface area (Å²) in [4.78, 5) is 10.6. The summed E-state index contributed by atoms with van der Waals surface area (Å²) in [5.74, 6) is -0.449. The van der Waals surface area contributed by atoms with E-state index >= 15 is 0 Å². The van der Waals surface area contributed by atoms with Crippen LogP contribution in [0.4, 0.5) is 0 Å². The Morgan fingerprint density at radius 2 is 1.96 bits per heavy atom. The van der Waals surface area contributed by atoms with E-state index in [-0.39, 0.29) is 35.9 Å². The zero-order valence-corrected chi connectivity index (χ0v) is 17.8. The monoisotopic (exact) mass is 394 g/mol. The van der Waals surface area contributed by atoms with E-state index in [1.54, 1.807) is 0 Å². The van der Waals surface area contributed by atoms with Gasteiger partial charge >= 0.3 is 5.97 Å². The molecule has 6 atom stereocenters. The maximum atomic E-state index is 10.6. The van der Waals surface area contributed by atoms with Crippen LogP contribution in [0.3, 0.4) is 0 Å². The molecule has 0 spiro atoms. The van der Waals surface area contributed by atoms with E-state index < -0.39 is 18.2 Å².